The molecule has 0 saturated carbocycles. The van der Waals surface area contributed by atoms with Gasteiger partial charge in [-0.3, -0.25) is 5.41 Å². The van der Waals surface area contributed by atoms with Crippen LogP contribution in [0.2, 0.25) is 0 Å². The average Bonchev–Trinajstić information content (AvgIpc) is 3.22. The Bertz CT molecular complexity index is 1500. The van der Waals surface area contributed by atoms with Crippen LogP contribution in [0.15, 0.2) is 55.0 Å². The van der Waals surface area contributed by atoms with Crippen LogP contribution in [0.4, 0.5) is 16.0 Å². The minimum absolute atomic E-state index is 0.0115. The Morgan fingerprint density at radius 2 is 1.87 bits per heavy atom. The Kier molecular flexibility index (Phi) is 7.16. The first-order chi connectivity index (χ1) is 18.7. The quantitative estimate of drug-likeness (QED) is 0.255. The standard InChI is InChI=1S/C28H30FN7O3/c1-17-32-11-20(36(17)3)12-38-22-8-19(29)9-23(10-22)39-21-6-4-18(5-7-21)25(30)24-26(31)34-16-35-27(24)33-13-28(2)14-37-15-28/h4-11,16,30H,12-15H2,1-3H3,(H3,31,33,34,35). The average molecular weight is 532 g/mol. The smallest absolute Gasteiger partial charge is 0.141 e. The highest BCUT2D eigenvalue weighted by molar-refractivity contribution is 6.16. The summed E-state index contributed by atoms with van der Waals surface area (Å²) in [5, 5.41) is 12.1. The molecule has 5 rings (SSSR count). The van der Waals surface area contributed by atoms with Crippen molar-refractivity contribution in [3.05, 3.63) is 83.5 Å². The number of nitrogen functional groups attached to an aromatic ring is 1. The van der Waals surface area contributed by atoms with E-state index in [-0.39, 0.29) is 29.3 Å². The molecule has 2 aromatic carbocycles. The van der Waals surface area contributed by atoms with Gasteiger partial charge in [0.2, 0.25) is 0 Å². The van der Waals surface area contributed by atoms with Gasteiger partial charge in [-0.25, -0.2) is 19.3 Å². The highest BCUT2D eigenvalue weighted by Crippen LogP contribution is 2.30. The summed E-state index contributed by atoms with van der Waals surface area (Å²) in [7, 11) is 1.89. The van der Waals surface area contributed by atoms with Crippen molar-refractivity contribution in [3.63, 3.8) is 0 Å². The molecule has 39 heavy (non-hydrogen) atoms. The molecule has 0 bridgehead atoms. The molecule has 3 heterocycles. The zero-order valence-corrected chi connectivity index (χ0v) is 22.0. The molecule has 1 saturated heterocycles. The largest absolute Gasteiger partial charge is 0.487 e. The molecule has 0 spiro atoms. The second kappa shape index (κ2) is 10.7. The maximum absolute atomic E-state index is 14.3. The summed E-state index contributed by atoms with van der Waals surface area (Å²) in [6.45, 7) is 6.22. The molecule has 1 aliphatic rings. The van der Waals surface area contributed by atoms with Crippen molar-refractivity contribution in [1.82, 2.24) is 19.5 Å². The summed E-state index contributed by atoms with van der Waals surface area (Å²) in [4.78, 5) is 12.6. The van der Waals surface area contributed by atoms with E-state index in [0.29, 0.717) is 48.2 Å². The molecular formula is C28H30FN7O3. The van der Waals surface area contributed by atoms with Crippen LogP contribution >= 0.6 is 0 Å². The Morgan fingerprint density at radius 3 is 2.54 bits per heavy atom. The molecule has 10 nitrogen and oxygen atoms in total. The van der Waals surface area contributed by atoms with Gasteiger partial charge in [-0.2, -0.15) is 0 Å². The van der Waals surface area contributed by atoms with Gasteiger partial charge in [-0.1, -0.05) is 6.92 Å². The van der Waals surface area contributed by atoms with Crippen LogP contribution in [0.3, 0.4) is 0 Å². The number of nitrogens with one attached hydrogen (secondary N) is 2. The minimum Gasteiger partial charge on any atom is -0.487 e. The van der Waals surface area contributed by atoms with Crippen LogP contribution in [0.25, 0.3) is 0 Å². The number of nitrogens with zero attached hydrogens (tertiary/aromatic N) is 4. The molecule has 4 N–H and O–H groups in total. The minimum atomic E-state index is -0.482. The Morgan fingerprint density at radius 1 is 1.13 bits per heavy atom. The summed E-state index contributed by atoms with van der Waals surface area (Å²) in [6, 6.07) is 11.1. The van der Waals surface area contributed by atoms with Crippen molar-refractivity contribution in [2.24, 2.45) is 12.5 Å². The molecule has 202 valence electrons. The lowest BCUT2D eigenvalue weighted by atomic mass is 9.88. The van der Waals surface area contributed by atoms with Crippen molar-refractivity contribution in [1.29, 1.82) is 5.41 Å². The number of imidazole rings is 1. The first-order valence-corrected chi connectivity index (χ1v) is 12.4. The summed E-state index contributed by atoms with van der Waals surface area (Å²) in [6.07, 6.45) is 3.10. The van der Waals surface area contributed by atoms with Crippen LogP contribution in [0, 0.1) is 23.6 Å². The monoisotopic (exact) mass is 531 g/mol. The summed E-state index contributed by atoms with van der Waals surface area (Å²) < 4.78 is 33.2. The number of hydrogen-bond acceptors (Lipinski definition) is 9. The fraction of sp³-hybridized carbons (Fsp3) is 0.286. The van der Waals surface area contributed by atoms with Crippen molar-refractivity contribution in [2.45, 2.75) is 20.5 Å². The second-order valence-corrected chi connectivity index (χ2v) is 9.91. The highest BCUT2D eigenvalue weighted by Gasteiger charge is 2.33. The number of halogens is 1. The van der Waals surface area contributed by atoms with Crippen molar-refractivity contribution in [3.8, 4) is 17.2 Å². The number of aryl methyl sites for hydroxylation is 1. The van der Waals surface area contributed by atoms with Gasteiger partial charge < -0.3 is 29.8 Å². The molecule has 0 unspecified atom stereocenters. The number of hydrogen-bond donors (Lipinski definition) is 3. The van der Waals surface area contributed by atoms with Crippen LogP contribution in [0.5, 0.6) is 17.2 Å². The van der Waals surface area contributed by atoms with E-state index >= 15 is 0 Å². The van der Waals surface area contributed by atoms with E-state index in [1.807, 2.05) is 18.5 Å². The molecule has 2 aromatic heterocycles. The maximum atomic E-state index is 14.3. The SMILES string of the molecule is Cc1ncc(COc2cc(F)cc(Oc3ccc(C(=N)c4c(N)ncnc4NCC4(C)COC4)cc3)c2)n1C. The van der Waals surface area contributed by atoms with Gasteiger partial charge in [0, 0.05) is 42.8 Å². The number of aromatic nitrogens is 4. The maximum Gasteiger partial charge on any atom is 0.141 e. The van der Waals surface area contributed by atoms with E-state index in [0.717, 1.165) is 11.5 Å². The Labute approximate surface area is 225 Å². The first-order valence-electron chi connectivity index (χ1n) is 12.4. The van der Waals surface area contributed by atoms with E-state index in [2.05, 4.69) is 27.2 Å². The molecule has 0 aliphatic carbocycles. The summed E-state index contributed by atoms with van der Waals surface area (Å²) in [5.74, 6) is 2.18. The van der Waals surface area contributed by atoms with Crippen molar-refractivity contribution < 1.29 is 18.6 Å². The molecule has 1 fully saturated rings. The first kappa shape index (κ1) is 26.1. The van der Waals surface area contributed by atoms with Crippen LogP contribution < -0.4 is 20.5 Å². The fourth-order valence-electron chi connectivity index (χ4n) is 4.12. The van der Waals surface area contributed by atoms with E-state index in [4.69, 9.17) is 25.4 Å². The predicted molar refractivity (Wildman–Crippen MR) is 145 cm³/mol. The molecule has 0 radical (unpaired) electrons. The highest BCUT2D eigenvalue weighted by atomic mass is 19.1. The Hall–Kier alpha value is -4.51. The number of benzene rings is 2. The molecule has 0 amide bonds. The number of ether oxygens (including phenoxy) is 3. The zero-order chi connectivity index (χ0) is 27.6. The lowest BCUT2D eigenvalue weighted by Gasteiger charge is -2.38. The lowest BCUT2D eigenvalue weighted by Crippen LogP contribution is -2.45. The van der Waals surface area contributed by atoms with Gasteiger partial charge in [0.1, 0.15) is 53.5 Å². The third-order valence-corrected chi connectivity index (χ3v) is 6.64. The number of rotatable bonds is 10. The van der Waals surface area contributed by atoms with E-state index in [1.54, 1.807) is 36.5 Å². The fourth-order valence-corrected chi connectivity index (χ4v) is 4.12. The molecule has 4 aromatic rings. The van der Waals surface area contributed by atoms with Gasteiger partial charge in [0.25, 0.3) is 0 Å². The van der Waals surface area contributed by atoms with Crippen LogP contribution in [-0.4, -0.2) is 45.0 Å². The molecular weight excluding hydrogens is 501 g/mol. The van der Waals surface area contributed by atoms with E-state index < -0.39 is 5.82 Å². The van der Waals surface area contributed by atoms with E-state index in [9.17, 15) is 4.39 Å². The second-order valence-electron chi connectivity index (χ2n) is 9.91. The summed E-state index contributed by atoms with van der Waals surface area (Å²) in [5.41, 5.74) is 8.21. The normalized spacial score (nSPS) is 13.9. The van der Waals surface area contributed by atoms with Crippen LogP contribution in [0.1, 0.15) is 29.6 Å². The molecule has 0 atom stereocenters. The predicted octanol–water partition coefficient (Wildman–Crippen LogP) is 4.48. The van der Waals surface area contributed by atoms with Gasteiger partial charge >= 0.3 is 0 Å². The van der Waals surface area contributed by atoms with Gasteiger partial charge in [-0.15, -0.1) is 0 Å². The summed E-state index contributed by atoms with van der Waals surface area (Å²) >= 11 is 0. The molecule has 1 aliphatic heterocycles. The zero-order valence-electron chi connectivity index (χ0n) is 22.0. The van der Waals surface area contributed by atoms with Gasteiger partial charge in [0.05, 0.1) is 36.4 Å². The number of anilines is 2. The third-order valence-electron chi connectivity index (χ3n) is 6.64. The van der Waals surface area contributed by atoms with Crippen LogP contribution in [-0.2, 0) is 18.4 Å². The van der Waals surface area contributed by atoms with Gasteiger partial charge in [0.15, 0.2) is 0 Å². The Balaban J connectivity index is 1.28. The third kappa shape index (κ3) is 5.83. The van der Waals surface area contributed by atoms with E-state index in [1.165, 1.54) is 18.5 Å². The van der Waals surface area contributed by atoms with Crippen molar-refractivity contribution in [2.75, 3.05) is 30.8 Å². The van der Waals surface area contributed by atoms with Gasteiger partial charge in [-0.05, 0) is 31.2 Å². The topological polar surface area (TPSA) is 133 Å². The lowest BCUT2D eigenvalue weighted by molar-refractivity contribution is -0.0924. The number of nitrogens with two attached hydrogens (primary N) is 1. The van der Waals surface area contributed by atoms with Crippen molar-refractivity contribution >= 4 is 17.3 Å². The molecule has 11 heteroatoms.